The van der Waals surface area contributed by atoms with Gasteiger partial charge in [-0.2, -0.15) is 0 Å². The molecule has 0 N–H and O–H groups in total. The van der Waals surface area contributed by atoms with E-state index in [4.69, 9.17) is 0 Å². The minimum absolute atomic E-state index is 0.406. The average Bonchev–Trinajstić information content (AvgIpc) is 2.07. The monoisotopic (exact) mass is 168 g/mol. The summed E-state index contributed by atoms with van der Waals surface area (Å²) in [6.07, 6.45) is 3.74. The number of ketones is 2. The Hall–Kier alpha value is -1.25. The molecule has 0 aliphatic heterocycles. The van der Waals surface area contributed by atoms with Crippen LogP contribution in [0.25, 0.3) is 0 Å². The van der Waals surface area contributed by atoms with Gasteiger partial charge >= 0.3 is 0 Å². The first kappa shape index (κ1) is 8.84. The molecule has 12 heavy (non-hydrogen) atoms. The van der Waals surface area contributed by atoms with Crippen molar-refractivity contribution in [2.24, 2.45) is 0 Å². The molecule has 0 unspecified atom stereocenters. The first-order chi connectivity index (χ1) is 5.66. The van der Waals surface area contributed by atoms with E-state index in [1.165, 1.54) is 6.08 Å². The highest BCUT2D eigenvalue weighted by atomic mass is 19.1. The number of carbonyl (C=O) groups excluding carboxylic acids is 2. The fraction of sp³-hybridized carbons (Fsp3) is 0.333. The summed E-state index contributed by atoms with van der Waals surface area (Å²) in [5.41, 5.74) is 0.406. The number of halogens is 1. The largest absolute Gasteiger partial charge is 0.285 e. The second-order valence-corrected chi connectivity index (χ2v) is 2.61. The zero-order chi connectivity index (χ0) is 9.14. The van der Waals surface area contributed by atoms with Crippen LogP contribution in [-0.2, 0) is 9.59 Å². The minimum Gasteiger partial charge on any atom is -0.285 e. The van der Waals surface area contributed by atoms with E-state index in [-0.39, 0.29) is 0 Å². The zero-order valence-electron chi connectivity index (χ0n) is 6.76. The van der Waals surface area contributed by atoms with Crippen LogP contribution in [0.2, 0.25) is 0 Å². The fourth-order valence-electron chi connectivity index (χ4n) is 1.05. The molecule has 0 aromatic carbocycles. The summed E-state index contributed by atoms with van der Waals surface area (Å²) >= 11 is 0. The summed E-state index contributed by atoms with van der Waals surface area (Å²) in [5.74, 6) is -2.67. The maximum atomic E-state index is 12.5. The van der Waals surface area contributed by atoms with Crippen LogP contribution in [0.5, 0.6) is 0 Å². The Morgan fingerprint density at radius 1 is 1.25 bits per heavy atom. The van der Waals surface area contributed by atoms with Crippen molar-refractivity contribution < 1.29 is 14.0 Å². The van der Waals surface area contributed by atoms with Crippen LogP contribution in [0.3, 0.4) is 0 Å². The van der Waals surface area contributed by atoms with Crippen LogP contribution in [0.4, 0.5) is 4.39 Å². The normalized spacial score (nSPS) is 17.5. The molecule has 0 bridgehead atoms. The molecule has 2 nitrogen and oxygen atoms in total. The van der Waals surface area contributed by atoms with E-state index in [0.29, 0.717) is 12.0 Å². The molecular formula is C9H9FO2. The van der Waals surface area contributed by atoms with Crippen LogP contribution in [-0.4, -0.2) is 11.6 Å². The predicted octanol–water partition coefficient (Wildman–Crippen LogP) is 1.72. The number of hydrogen-bond donors (Lipinski definition) is 0. The molecule has 64 valence electrons. The summed E-state index contributed by atoms with van der Waals surface area (Å²) in [6.45, 7) is 1.90. The highest BCUT2D eigenvalue weighted by Gasteiger charge is 2.24. The van der Waals surface area contributed by atoms with Gasteiger partial charge < -0.3 is 0 Å². The molecule has 0 amide bonds. The quantitative estimate of drug-likeness (QED) is 0.464. The molecule has 0 atom stereocenters. The van der Waals surface area contributed by atoms with E-state index in [0.717, 1.165) is 12.5 Å². The SMILES string of the molecule is CCCC1=CC=C(F)C(=O)C1=O. The van der Waals surface area contributed by atoms with Gasteiger partial charge in [-0.3, -0.25) is 9.59 Å². The van der Waals surface area contributed by atoms with Crippen molar-refractivity contribution in [1.29, 1.82) is 0 Å². The topological polar surface area (TPSA) is 34.1 Å². The number of rotatable bonds is 2. The second kappa shape index (κ2) is 3.43. The molecule has 0 fully saturated rings. The molecule has 1 rings (SSSR count). The lowest BCUT2D eigenvalue weighted by molar-refractivity contribution is -0.133. The number of carbonyl (C=O) groups is 2. The lowest BCUT2D eigenvalue weighted by atomic mass is 9.98. The van der Waals surface area contributed by atoms with Gasteiger partial charge in [-0.15, -0.1) is 0 Å². The smallest absolute Gasteiger partial charge is 0.261 e. The van der Waals surface area contributed by atoms with Crippen molar-refractivity contribution in [2.75, 3.05) is 0 Å². The van der Waals surface area contributed by atoms with Crippen molar-refractivity contribution >= 4 is 11.6 Å². The summed E-state index contributed by atoms with van der Waals surface area (Å²) in [7, 11) is 0. The van der Waals surface area contributed by atoms with Gasteiger partial charge in [-0.25, -0.2) is 4.39 Å². The lowest BCUT2D eigenvalue weighted by Gasteiger charge is -2.05. The first-order valence-corrected chi connectivity index (χ1v) is 3.82. The molecule has 3 heteroatoms. The highest BCUT2D eigenvalue weighted by Crippen LogP contribution is 2.16. The molecule has 0 aromatic rings. The Labute approximate surface area is 69.8 Å². The van der Waals surface area contributed by atoms with E-state index in [1.807, 2.05) is 6.92 Å². The molecule has 0 heterocycles. The van der Waals surface area contributed by atoms with Gasteiger partial charge in [-0.05, 0) is 12.5 Å². The maximum absolute atomic E-state index is 12.5. The molecule has 0 saturated heterocycles. The number of allylic oxidation sites excluding steroid dienone is 4. The van der Waals surface area contributed by atoms with E-state index in [9.17, 15) is 14.0 Å². The lowest BCUT2D eigenvalue weighted by Crippen LogP contribution is -2.19. The van der Waals surface area contributed by atoms with Gasteiger partial charge in [0.1, 0.15) is 0 Å². The van der Waals surface area contributed by atoms with E-state index >= 15 is 0 Å². The molecule has 0 spiro atoms. The second-order valence-electron chi connectivity index (χ2n) is 2.61. The van der Waals surface area contributed by atoms with E-state index in [1.54, 1.807) is 0 Å². The van der Waals surface area contributed by atoms with Gasteiger partial charge in [0.25, 0.3) is 5.78 Å². The molecule has 1 aliphatic carbocycles. The Balaban J connectivity index is 2.90. The van der Waals surface area contributed by atoms with Gasteiger partial charge in [0.2, 0.25) is 5.78 Å². The molecule has 1 aliphatic rings. The minimum atomic E-state index is -1.01. The summed E-state index contributed by atoms with van der Waals surface area (Å²) in [4.78, 5) is 21.8. The molecular weight excluding hydrogens is 159 g/mol. The van der Waals surface area contributed by atoms with Crippen LogP contribution >= 0.6 is 0 Å². The van der Waals surface area contributed by atoms with Crippen LogP contribution in [0.15, 0.2) is 23.6 Å². The predicted molar refractivity (Wildman–Crippen MR) is 42.2 cm³/mol. The van der Waals surface area contributed by atoms with Crippen molar-refractivity contribution in [3.05, 3.63) is 23.6 Å². The standard InChI is InChI=1S/C9H9FO2/c1-2-3-6-4-5-7(10)9(12)8(6)11/h4-5H,2-3H2,1H3. The Kier molecular flexibility index (Phi) is 2.53. The summed E-state index contributed by atoms with van der Waals surface area (Å²) in [5, 5.41) is 0. The third kappa shape index (κ3) is 1.49. The number of Topliss-reactive ketones (excluding diaryl/α,β-unsaturated/α-hetero) is 2. The van der Waals surface area contributed by atoms with Gasteiger partial charge in [-0.1, -0.05) is 19.4 Å². The average molecular weight is 168 g/mol. The first-order valence-electron chi connectivity index (χ1n) is 3.82. The Morgan fingerprint density at radius 3 is 2.50 bits per heavy atom. The maximum Gasteiger partial charge on any atom is 0.261 e. The highest BCUT2D eigenvalue weighted by molar-refractivity contribution is 6.49. The van der Waals surface area contributed by atoms with Gasteiger partial charge in [0, 0.05) is 5.57 Å². The molecule has 0 radical (unpaired) electrons. The third-order valence-electron chi connectivity index (χ3n) is 1.66. The van der Waals surface area contributed by atoms with Crippen molar-refractivity contribution in [3.63, 3.8) is 0 Å². The summed E-state index contributed by atoms with van der Waals surface area (Å²) in [6, 6.07) is 0. The Bertz CT molecular complexity index is 287. The molecule has 0 saturated carbocycles. The fourth-order valence-corrected chi connectivity index (χ4v) is 1.05. The summed E-state index contributed by atoms with van der Waals surface area (Å²) < 4.78 is 12.5. The Morgan fingerprint density at radius 2 is 1.92 bits per heavy atom. The van der Waals surface area contributed by atoms with Crippen LogP contribution in [0.1, 0.15) is 19.8 Å². The molecule has 0 aromatic heterocycles. The van der Waals surface area contributed by atoms with E-state index < -0.39 is 17.4 Å². The van der Waals surface area contributed by atoms with Crippen molar-refractivity contribution in [1.82, 2.24) is 0 Å². The van der Waals surface area contributed by atoms with Gasteiger partial charge in [0.05, 0.1) is 0 Å². The van der Waals surface area contributed by atoms with Crippen LogP contribution < -0.4 is 0 Å². The zero-order valence-corrected chi connectivity index (χ0v) is 6.76. The third-order valence-corrected chi connectivity index (χ3v) is 1.66. The van der Waals surface area contributed by atoms with E-state index in [2.05, 4.69) is 0 Å². The van der Waals surface area contributed by atoms with Crippen molar-refractivity contribution in [2.45, 2.75) is 19.8 Å². The van der Waals surface area contributed by atoms with Crippen LogP contribution in [0, 0.1) is 0 Å². The van der Waals surface area contributed by atoms with Crippen molar-refractivity contribution in [3.8, 4) is 0 Å². The van der Waals surface area contributed by atoms with Gasteiger partial charge in [0.15, 0.2) is 5.83 Å². The number of hydrogen-bond acceptors (Lipinski definition) is 2.